The van der Waals surface area contributed by atoms with Gasteiger partial charge in [0.2, 0.25) is 5.91 Å². The van der Waals surface area contributed by atoms with Crippen LogP contribution < -0.4 is 10.1 Å². The minimum absolute atomic E-state index is 0.0249. The van der Waals surface area contributed by atoms with Gasteiger partial charge in [0.05, 0.1) is 17.0 Å². The number of hydrogen-bond donors (Lipinski definition) is 1. The van der Waals surface area contributed by atoms with Gasteiger partial charge in [0, 0.05) is 5.56 Å². The molecule has 0 atom stereocenters. The van der Waals surface area contributed by atoms with Gasteiger partial charge in [-0.25, -0.2) is 4.39 Å². The van der Waals surface area contributed by atoms with E-state index in [1.165, 1.54) is 17.8 Å². The average molecular weight is 378 g/mol. The molecule has 2 aromatic carbocycles. The van der Waals surface area contributed by atoms with Gasteiger partial charge in [-0.15, -0.1) is 5.10 Å². The Labute approximate surface area is 152 Å². The molecular formula is C17H13ClFN3O2S. The lowest BCUT2D eigenvalue weighted by Gasteiger charge is -2.09. The van der Waals surface area contributed by atoms with Crippen LogP contribution in [0.25, 0.3) is 0 Å². The van der Waals surface area contributed by atoms with Crippen molar-refractivity contribution >= 4 is 40.7 Å². The number of nitrogens with one attached hydrogen (secondary N) is 1. The molecular weight excluding hydrogens is 365 g/mol. The summed E-state index contributed by atoms with van der Waals surface area (Å²) < 4.78 is 19.3. The number of ether oxygens (including phenoxy) is 1. The van der Waals surface area contributed by atoms with Crippen LogP contribution in [0.1, 0.15) is 11.1 Å². The Morgan fingerprint density at radius 3 is 2.92 bits per heavy atom. The van der Waals surface area contributed by atoms with Gasteiger partial charge in [0.25, 0.3) is 0 Å². The molecule has 0 aromatic heterocycles. The maximum absolute atomic E-state index is 13.7. The molecule has 0 spiro atoms. The molecule has 3 rings (SSSR count). The van der Waals surface area contributed by atoms with Crippen LogP contribution in [0.2, 0.25) is 5.02 Å². The standard InChI is InChI=1S/C17H13ClFN3O2S/c18-14-5-2-6-15(19)13(14)9-24-12-4-1-3-11(7-12)8-20-22-17-21-16(23)10-25-17/h1-8H,9-10H2,(H,21,22,23). The molecule has 5 nitrogen and oxygen atoms in total. The van der Waals surface area contributed by atoms with Gasteiger partial charge in [-0.3, -0.25) is 4.79 Å². The second-order valence-electron chi connectivity index (χ2n) is 5.05. The van der Waals surface area contributed by atoms with Crippen molar-refractivity contribution in [2.45, 2.75) is 6.61 Å². The number of rotatable bonds is 5. The first kappa shape index (κ1) is 17.4. The predicted octanol–water partition coefficient (Wildman–Crippen LogP) is 3.61. The molecule has 25 heavy (non-hydrogen) atoms. The smallest absolute Gasteiger partial charge is 0.236 e. The fourth-order valence-corrected chi connectivity index (χ4v) is 2.89. The van der Waals surface area contributed by atoms with Gasteiger partial charge < -0.3 is 10.1 Å². The monoisotopic (exact) mass is 377 g/mol. The Morgan fingerprint density at radius 2 is 2.16 bits per heavy atom. The largest absolute Gasteiger partial charge is 0.489 e. The minimum Gasteiger partial charge on any atom is -0.489 e. The quantitative estimate of drug-likeness (QED) is 0.639. The van der Waals surface area contributed by atoms with E-state index < -0.39 is 5.82 Å². The number of nitrogens with zero attached hydrogens (tertiary/aromatic N) is 2. The molecule has 1 saturated heterocycles. The Bertz CT molecular complexity index is 837. The molecule has 128 valence electrons. The second-order valence-corrected chi connectivity index (χ2v) is 6.42. The zero-order valence-corrected chi connectivity index (χ0v) is 14.5. The summed E-state index contributed by atoms with van der Waals surface area (Å²) in [6.45, 7) is 0.0249. The summed E-state index contributed by atoms with van der Waals surface area (Å²) in [5.41, 5.74) is 1.07. The highest BCUT2D eigenvalue weighted by Gasteiger charge is 2.15. The maximum Gasteiger partial charge on any atom is 0.236 e. The summed E-state index contributed by atoms with van der Waals surface area (Å²) in [5, 5.41) is 11.2. The highest BCUT2D eigenvalue weighted by Crippen LogP contribution is 2.21. The van der Waals surface area contributed by atoms with E-state index >= 15 is 0 Å². The zero-order chi connectivity index (χ0) is 17.6. The number of thioether (sulfide) groups is 1. The van der Waals surface area contributed by atoms with Crippen LogP contribution in [0, 0.1) is 5.82 Å². The SMILES string of the molecule is O=C1CSC(=NN=Cc2cccc(OCc3c(F)cccc3Cl)c2)N1. The third kappa shape index (κ3) is 4.80. The van der Waals surface area contributed by atoms with Crippen molar-refractivity contribution in [3.05, 3.63) is 64.4 Å². The number of carbonyl (C=O) groups is 1. The van der Waals surface area contributed by atoms with E-state index in [0.29, 0.717) is 27.3 Å². The molecule has 1 N–H and O–H groups in total. The molecule has 1 aliphatic rings. The van der Waals surface area contributed by atoms with Crippen LogP contribution >= 0.6 is 23.4 Å². The Morgan fingerprint density at radius 1 is 1.32 bits per heavy atom. The van der Waals surface area contributed by atoms with E-state index in [9.17, 15) is 9.18 Å². The van der Waals surface area contributed by atoms with Crippen LogP contribution in [0.4, 0.5) is 4.39 Å². The number of amides is 1. The summed E-state index contributed by atoms with van der Waals surface area (Å²) >= 11 is 7.28. The molecule has 1 aliphatic heterocycles. The fraction of sp³-hybridized carbons (Fsp3) is 0.118. The van der Waals surface area contributed by atoms with Gasteiger partial charge in [0.15, 0.2) is 5.17 Å². The number of amidine groups is 1. The van der Waals surface area contributed by atoms with Crippen LogP contribution in [0.5, 0.6) is 5.75 Å². The lowest BCUT2D eigenvalue weighted by atomic mass is 10.2. The van der Waals surface area contributed by atoms with Crippen molar-refractivity contribution in [3.63, 3.8) is 0 Å². The minimum atomic E-state index is -0.405. The molecule has 8 heteroatoms. The first-order valence-corrected chi connectivity index (χ1v) is 8.67. The Hall–Kier alpha value is -2.38. The van der Waals surface area contributed by atoms with Crippen LogP contribution in [-0.2, 0) is 11.4 Å². The highest BCUT2D eigenvalue weighted by atomic mass is 35.5. The Kier molecular flexibility index (Phi) is 5.67. The summed E-state index contributed by atoms with van der Waals surface area (Å²) in [7, 11) is 0. The topological polar surface area (TPSA) is 63.0 Å². The Balaban J connectivity index is 1.64. The number of hydrogen-bond acceptors (Lipinski definition) is 5. The van der Waals surface area contributed by atoms with E-state index in [1.54, 1.807) is 36.5 Å². The van der Waals surface area contributed by atoms with Crippen molar-refractivity contribution < 1.29 is 13.9 Å². The van der Waals surface area contributed by atoms with E-state index in [4.69, 9.17) is 16.3 Å². The maximum atomic E-state index is 13.7. The van der Waals surface area contributed by atoms with Gasteiger partial charge in [-0.1, -0.05) is 41.6 Å². The second kappa shape index (κ2) is 8.13. The summed E-state index contributed by atoms with van der Waals surface area (Å²) in [4.78, 5) is 11.1. The lowest BCUT2D eigenvalue weighted by Crippen LogP contribution is -2.19. The summed E-state index contributed by atoms with van der Waals surface area (Å²) in [5.74, 6) is 0.425. The van der Waals surface area contributed by atoms with E-state index in [0.717, 1.165) is 5.56 Å². The van der Waals surface area contributed by atoms with Crippen molar-refractivity contribution in [3.8, 4) is 5.75 Å². The third-order valence-electron chi connectivity index (χ3n) is 3.24. The molecule has 2 aromatic rings. The van der Waals surface area contributed by atoms with Crippen molar-refractivity contribution in [1.29, 1.82) is 0 Å². The predicted molar refractivity (Wildman–Crippen MR) is 97.8 cm³/mol. The average Bonchev–Trinajstić information content (AvgIpc) is 3.00. The molecule has 0 saturated carbocycles. The van der Waals surface area contributed by atoms with Crippen molar-refractivity contribution in [1.82, 2.24) is 5.32 Å². The van der Waals surface area contributed by atoms with Gasteiger partial charge in [0.1, 0.15) is 18.2 Å². The van der Waals surface area contributed by atoms with Crippen molar-refractivity contribution in [2.75, 3.05) is 5.75 Å². The third-order valence-corrected chi connectivity index (χ3v) is 4.46. The normalized spacial score (nSPS) is 15.8. The van der Waals surface area contributed by atoms with Crippen molar-refractivity contribution in [2.24, 2.45) is 10.2 Å². The zero-order valence-electron chi connectivity index (χ0n) is 12.9. The van der Waals surface area contributed by atoms with Crippen LogP contribution in [-0.4, -0.2) is 23.0 Å². The summed E-state index contributed by atoms with van der Waals surface area (Å²) in [6.07, 6.45) is 1.54. The van der Waals surface area contributed by atoms with Crippen LogP contribution in [0.3, 0.4) is 0 Å². The van der Waals surface area contributed by atoms with Gasteiger partial charge >= 0.3 is 0 Å². The summed E-state index contributed by atoms with van der Waals surface area (Å²) in [6, 6.07) is 11.6. The first-order chi connectivity index (χ1) is 12.1. The molecule has 0 unspecified atom stereocenters. The van der Waals surface area contributed by atoms with E-state index in [1.807, 2.05) is 6.07 Å². The first-order valence-electron chi connectivity index (χ1n) is 7.31. The van der Waals surface area contributed by atoms with Gasteiger partial charge in [-0.05, 0) is 29.8 Å². The van der Waals surface area contributed by atoms with E-state index in [2.05, 4.69) is 15.5 Å². The molecule has 0 aliphatic carbocycles. The highest BCUT2D eigenvalue weighted by molar-refractivity contribution is 8.15. The molecule has 0 radical (unpaired) electrons. The molecule has 1 fully saturated rings. The fourth-order valence-electron chi connectivity index (χ4n) is 2.04. The molecule has 1 amide bonds. The number of carbonyl (C=O) groups excluding carboxylic acids is 1. The number of halogens is 2. The molecule has 0 bridgehead atoms. The lowest BCUT2D eigenvalue weighted by molar-refractivity contribution is -0.116. The van der Waals surface area contributed by atoms with Gasteiger partial charge in [-0.2, -0.15) is 5.10 Å². The molecule has 1 heterocycles. The number of benzene rings is 2. The van der Waals surface area contributed by atoms with Crippen LogP contribution in [0.15, 0.2) is 52.7 Å². The van der Waals surface area contributed by atoms with E-state index in [-0.39, 0.29) is 12.5 Å².